The summed E-state index contributed by atoms with van der Waals surface area (Å²) in [6, 6.07) is 23.7. The van der Waals surface area contributed by atoms with Crippen LogP contribution < -0.4 is 9.64 Å². The summed E-state index contributed by atoms with van der Waals surface area (Å²) in [5.41, 5.74) is 1.60. The SMILES string of the molecule is CCCN1C(=O)[C@H]2[C@H](CC=C3[C@H]2C[C@H]2C(=O)N(c4ccccc4)C(=O)[C@@]2(C)[C@H]3c2ccc(OCc3ccccc3)cc2O)C1=O. The number of nitrogens with zero attached hydrogens (tertiary/aromatic N) is 2. The zero-order valence-corrected chi connectivity index (χ0v) is 25.4. The summed E-state index contributed by atoms with van der Waals surface area (Å²) >= 11 is 0. The van der Waals surface area contributed by atoms with Crippen LogP contribution in [0.15, 0.2) is 90.5 Å². The van der Waals surface area contributed by atoms with Gasteiger partial charge in [-0.25, -0.2) is 4.90 Å². The highest BCUT2D eigenvalue weighted by atomic mass is 16.5. The number of hydrogen-bond acceptors (Lipinski definition) is 6. The molecule has 0 spiro atoms. The van der Waals surface area contributed by atoms with E-state index in [1.165, 1.54) is 9.80 Å². The van der Waals surface area contributed by atoms with E-state index in [0.29, 0.717) is 43.0 Å². The lowest BCUT2D eigenvalue weighted by Gasteiger charge is -2.49. The van der Waals surface area contributed by atoms with Gasteiger partial charge < -0.3 is 9.84 Å². The molecule has 2 aliphatic heterocycles. The lowest BCUT2D eigenvalue weighted by molar-refractivity contribution is -0.140. The van der Waals surface area contributed by atoms with Crippen LogP contribution in [0.2, 0.25) is 0 Å². The zero-order valence-electron chi connectivity index (χ0n) is 25.4. The minimum Gasteiger partial charge on any atom is -0.508 e. The molecule has 2 aliphatic carbocycles. The van der Waals surface area contributed by atoms with Crippen LogP contribution in [0, 0.1) is 29.1 Å². The highest BCUT2D eigenvalue weighted by molar-refractivity contribution is 6.24. The fourth-order valence-corrected chi connectivity index (χ4v) is 8.29. The van der Waals surface area contributed by atoms with Crippen LogP contribution in [0.25, 0.3) is 0 Å². The molecule has 0 radical (unpaired) electrons. The fraction of sp³-hybridized carbons (Fsp3) is 0.351. The first-order valence-electron chi connectivity index (χ1n) is 15.7. The average molecular weight is 605 g/mol. The van der Waals surface area contributed by atoms with Gasteiger partial charge >= 0.3 is 0 Å². The standard InChI is InChI=1S/C37H36N2O6/c1-3-18-38-33(41)27-17-16-25-28(31(27)35(38)43)20-29-34(42)39(23-12-8-5-9-13-23)36(44)37(29,2)32(25)26-15-14-24(19-30(26)40)45-21-22-10-6-4-7-11-22/h4-16,19,27-29,31-32,40H,3,17-18,20-21H2,1-2H3/t27-,28+,29-,31-,32+,37+/m0/s1. The molecule has 6 atom stereocenters. The summed E-state index contributed by atoms with van der Waals surface area (Å²) < 4.78 is 5.97. The van der Waals surface area contributed by atoms with Gasteiger partial charge in [0.1, 0.15) is 18.1 Å². The summed E-state index contributed by atoms with van der Waals surface area (Å²) in [5.74, 6) is -3.50. The first-order chi connectivity index (χ1) is 21.8. The number of hydrogen-bond donors (Lipinski definition) is 1. The zero-order chi connectivity index (χ0) is 31.5. The van der Waals surface area contributed by atoms with E-state index >= 15 is 0 Å². The third kappa shape index (κ3) is 4.41. The van der Waals surface area contributed by atoms with Gasteiger partial charge in [0, 0.05) is 24.1 Å². The normalized spacial score (nSPS) is 28.9. The average Bonchev–Trinajstić information content (AvgIpc) is 3.41. The smallest absolute Gasteiger partial charge is 0.241 e. The number of para-hydroxylation sites is 1. The van der Waals surface area contributed by atoms with Crippen LogP contribution in [0.1, 0.15) is 50.2 Å². The van der Waals surface area contributed by atoms with Gasteiger partial charge in [0.25, 0.3) is 0 Å². The van der Waals surface area contributed by atoms with Gasteiger partial charge in [-0.2, -0.15) is 0 Å². The van der Waals surface area contributed by atoms with Crippen molar-refractivity contribution in [3.05, 3.63) is 102 Å². The maximum absolute atomic E-state index is 14.5. The predicted molar refractivity (Wildman–Crippen MR) is 167 cm³/mol. The van der Waals surface area contributed by atoms with Crippen molar-refractivity contribution in [2.24, 2.45) is 29.1 Å². The van der Waals surface area contributed by atoms with Gasteiger partial charge in [0.2, 0.25) is 23.6 Å². The Hall–Kier alpha value is -4.72. The second-order valence-electron chi connectivity index (χ2n) is 12.8. The topological polar surface area (TPSA) is 104 Å². The molecule has 2 heterocycles. The number of carbonyl (C=O) groups is 4. The molecule has 1 saturated carbocycles. The summed E-state index contributed by atoms with van der Waals surface area (Å²) in [6.45, 7) is 4.44. The van der Waals surface area contributed by atoms with Gasteiger partial charge in [-0.05, 0) is 55.9 Å². The van der Waals surface area contributed by atoms with Gasteiger partial charge in [-0.3, -0.25) is 24.1 Å². The minimum atomic E-state index is -1.22. The Kier molecular flexibility index (Phi) is 7.10. The molecule has 4 amide bonds. The maximum Gasteiger partial charge on any atom is 0.241 e. The molecule has 45 heavy (non-hydrogen) atoms. The number of rotatable bonds is 7. The first-order valence-corrected chi connectivity index (χ1v) is 15.7. The van der Waals surface area contributed by atoms with Gasteiger partial charge in [0.05, 0.1) is 28.9 Å². The first kappa shape index (κ1) is 29.0. The number of phenols is 1. The van der Waals surface area contributed by atoms with Crippen molar-refractivity contribution in [1.82, 2.24) is 4.90 Å². The highest BCUT2D eigenvalue weighted by Crippen LogP contribution is 2.64. The van der Waals surface area contributed by atoms with Crippen molar-refractivity contribution in [2.75, 3.05) is 11.4 Å². The number of benzene rings is 3. The quantitative estimate of drug-likeness (QED) is 0.278. The summed E-state index contributed by atoms with van der Waals surface area (Å²) in [6.07, 6.45) is 3.32. The lowest BCUT2D eigenvalue weighted by Crippen LogP contribution is -2.48. The minimum absolute atomic E-state index is 0.0472. The Morgan fingerprint density at radius 3 is 2.29 bits per heavy atom. The number of allylic oxidation sites excluding steroid dienone is 2. The predicted octanol–water partition coefficient (Wildman–Crippen LogP) is 5.61. The molecule has 0 unspecified atom stereocenters. The number of amides is 4. The van der Waals surface area contributed by atoms with Gasteiger partial charge in [-0.15, -0.1) is 0 Å². The molecule has 7 rings (SSSR count). The second-order valence-corrected chi connectivity index (χ2v) is 12.8. The van der Waals surface area contributed by atoms with Crippen molar-refractivity contribution < 1.29 is 29.0 Å². The van der Waals surface area contributed by atoms with Crippen molar-refractivity contribution in [1.29, 1.82) is 0 Å². The number of ether oxygens (including phenoxy) is 1. The summed E-state index contributed by atoms with van der Waals surface area (Å²) in [4.78, 5) is 58.5. The lowest BCUT2D eigenvalue weighted by atomic mass is 9.51. The van der Waals surface area contributed by atoms with Crippen molar-refractivity contribution in [3.8, 4) is 11.5 Å². The summed E-state index contributed by atoms with van der Waals surface area (Å²) in [5, 5.41) is 11.5. The molecule has 2 saturated heterocycles. The largest absolute Gasteiger partial charge is 0.508 e. The third-order valence-electron chi connectivity index (χ3n) is 10.4. The maximum atomic E-state index is 14.5. The molecule has 0 aromatic heterocycles. The van der Waals surface area contributed by atoms with E-state index in [1.807, 2.05) is 56.3 Å². The molecular weight excluding hydrogens is 568 g/mol. The van der Waals surface area contributed by atoms with Crippen molar-refractivity contribution >= 4 is 29.3 Å². The van der Waals surface area contributed by atoms with Crippen LogP contribution in [-0.4, -0.2) is 40.2 Å². The number of aromatic hydroxyl groups is 1. The Balaban J connectivity index is 1.32. The van der Waals surface area contributed by atoms with Crippen LogP contribution in [0.5, 0.6) is 11.5 Å². The van der Waals surface area contributed by atoms with E-state index in [0.717, 1.165) is 11.1 Å². The number of phenolic OH excluding ortho intramolecular Hbond substituents is 1. The van der Waals surface area contributed by atoms with E-state index in [2.05, 4.69) is 0 Å². The molecular formula is C37H36N2O6. The Bertz CT molecular complexity index is 1720. The van der Waals surface area contributed by atoms with Crippen LogP contribution in [0.4, 0.5) is 5.69 Å². The molecule has 3 aromatic rings. The van der Waals surface area contributed by atoms with E-state index in [4.69, 9.17) is 4.74 Å². The Labute approximate surface area is 262 Å². The van der Waals surface area contributed by atoms with E-state index in [-0.39, 0.29) is 35.8 Å². The van der Waals surface area contributed by atoms with E-state index in [9.17, 15) is 24.3 Å². The number of imide groups is 2. The molecule has 230 valence electrons. The number of fused-ring (bicyclic) bond motifs is 4. The molecule has 3 fully saturated rings. The monoisotopic (exact) mass is 604 g/mol. The Morgan fingerprint density at radius 2 is 1.60 bits per heavy atom. The highest BCUT2D eigenvalue weighted by Gasteiger charge is 2.67. The van der Waals surface area contributed by atoms with Crippen molar-refractivity contribution in [3.63, 3.8) is 0 Å². The van der Waals surface area contributed by atoms with Gasteiger partial charge in [-0.1, -0.05) is 73.2 Å². The molecule has 8 nitrogen and oxygen atoms in total. The third-order valence-corrected chi connectivity index (χ3v) is 10.4. The van der Waals surface area contributed by atoms with E-state index in [1.54, 1.807) is 42.5 Å². The molecule has 4 aliphatic rings. The van der Waals surface area contributed by atoms with Gasteiger partial charge in [0.15, 0.2) is 0 Å². The van der Waals surface area contributed by atoms with Crippen LogP contribution >= 0.6 is 0 Å². The second kappa shape index (κ2) is 11.0. The number of carbonyl (C=O) groups excluding carboxylic acids is 4. The molecule has 3 aromatic carbocycles. The van der Waals surface area contributed by atoms with E-state index < -0.39 is 35.0 Å². The molecule has 1 N–H and O–H groups in total. The number of likely N-dealkylation sites (tertiary alicyclic amines) is 1. The molecule has 0 bridgehead atoms. The number of anilines is 1. The fourth-order valence-electron chi connectivity index (χ4n) is 8.29. The molecule has 8 heteroatoms. The Morgan fingerprint density at radius 1 is 0.889 bits per heavy atom. The van der Waals surface area contributed by atoms with Crippen LogP contribution in [0.3, 0.4) is 0 Å². The van der Waals surface area contributed by atoms with Crippen molar-refractivity contribution in [2.45, 2.75) is 45.6 Å². The van der Waals surface area contributed by atoms with Crippen LogP contribution in [-0.2, 0) is 25.8 Å². The summed E-state index contributed by atoms with van der Waals surface area (Å²) in [7, 11) is 0.